The lowest BCUT2D eigenvalue weighted by molar-refractivity contribution is -0.170. The van der Waals surface area contributed by atoms with Crippen molar-refractivity contribution in [3.05, 3.63) is 35.4 Å². The van der Waals surface area contributed by atoms with Crippen LogP contribution in [0.2, 0.25) is 0 Å². The fraction of sp³-hybridized carbons (Fsp3) is 0.500. The van der Waals surface area contributed by atoms with Crippen LogP contribution in [0.4, 0.5) is 0 Å². The molecular weight excluding hydrogens is 350 g/mol. The maximum atomic E-state index is 12.3. The van der Waals surface area contributed by atoms with Crippen LogP contribution in [0.3, 0.4) is 0 Å². The minimum Gasteiger partial charge on any atom is -0.465 e. The highest BCUT2D eigenvalue weighted by molar-refractivity contribution is 6.00. The number of nitrogens with zero attached hydrogens (tertiary/aromatic N) is 1. The Hall–Kier alpha value is -2.88. The molecule has 0 saturated heterocycles. The average molecular weight is 377 g/mol. The summed E-state index contributed by atoms with van der Waals surface area (Å²) in [7, 11) is 0. The monoisotopic (exact) mass is 377 g/mol. The maximum Gasteiger partial charge on any atom is 0.323 e. The third-order valence-electron chi connectivity index (χ3n) is 3.76. The highest BCUT2D eigenvalue weighted by atomic mass is 16.6. The molecule has 1 aromatic rings. The van der Waals surface area contributed by atoms with Crippen molar-refractivity contribution in [1.82, 2.24) is 0 Å². The van der Waals surface area contributed by atoms with E-state index in [0.717, 1.165) is 18.2 Å². The van der Waals surface area contributed by atoms with E-state index >= 15 is 0 Å². The first-order chi connectivity index (χ1) is 12.8. The summed E-state index contributed by atoms with van der Waals surface area (Å²) < 4.78 is 10.1. The molecule has 148 valence electrons. The Balaban J connectivity index is 0.00000210. The number of aliphatic hydroxyl groups excluding tert-OH is 1. The Morgan fingerprint density at radius 3 is 1.85 bits per heavy atom. The predicted molar refractivity (Wildman–Crippen MR) is 98.3 cm³/mol. The molecule has 7 heteroatoms. The number of aliphatic hydroxyl groups is 1. The second kappa shape index (κ2) is 12.5. The first-order valence-electron chi connectivity index (χ1n) is 8.80. The fourth-order valence-electron chi connectivity index (χ4n) is 2.40. The molecule has 1 N–H and O–H groups in total. The number of carbonyl (C=O) groups excluding carboxylic acids is 3. The molecule has 7 nitrogen and oxygen atoms in total. The number of hydrogen-bond acceptors (Lipinski definition) is 7. The number of benzene rings is 1. The second-order valence-corrected chi connectivity index (χ2v) is 5.92. The molecule has 1 aromatic carbocycles. The summed E-state index contributed by atoms with van der Waals surface area (Å²) in [4.78, 5) is 36.4. The van der Waals surface area contributed by atoms with Crippen molar-refractivity contribution in [2.45, 2.75) is 47.0 Å². The summed E-state index contributed by atoms with van der Waals surface area (Å²) in [5.41, 5.74) is 0.00209. The van der Waals surface area contributed by atoms with Crippen molar-refractivity contribution < 1.29 is 29.0 Å². The third kappa shape index (κ3) is 7.48. The molecule has 0 aliphatic heterocycles. The molecular formula is C20H27NO6. The standard InChI is InChI=1S/C19H26O5.CHNO/c1-5-8-16(20)15-11-9-14(10-12-15)13-19(4,17(21)23-6-2)18(22)24-7-3;2-1-3/h9-12H,5-8,13H2,1-4H3;3H. The Kier molecular flexibility index (Phi) is 11.1. The zero-order valence-corrected chi connectivity index (χ0v) is 16.3. The third-order valence-corrected chi connectivity index (χ3v) is 3.76. The van der Waals surface area contributed by atoms with E-state index in [4.69, 9.17) is 19.8 Å². The number of rotatable bonds is 9. The van der Waals surface area contributed by atoms with Gasteiger partial charge >= 0.3 is 11.9 Å². The summed E-state index contributed by atoms with van der Waals surface area (Å²) in [6.45, 7) is 7.25. The van der Waals surface area contributed by atoms with Crippen LogP contribution in [-0.4, -0.2) is 36.0 Å². The van der Waals surface area contributed by atoms with Gasteiger partial charge in [-0.15, -0.1) is 0 Å². The van der Waals surface area contributed by atoms with Gasteiger partial charge in [-0.2, -0.15) is 5.26 Å². The van der Waals surface area contributed by atoms with Gasteiger partial charge < -0.3 is 14.6 Å². The van der Waals surface area contributed by atoms with Crippen LogP contribution in [0.25, 0.3) is 0 Å². The van der Waals surface area contributed by atoms with E-state index in [1.54, 1.807) is 38.1 Å². The van der Waals surface area contributed by atoms with Gasteiger partial charge in [0.1, 0.15) is 0 Å². The zero-order chi connectivity index (χ0) is 20.9. The Bertz CT molecular complexity index is 642. The summed E-state index contributed by atoms with van der Waals surface area (Å²) >= 11 is 0. The Morgan fingerprint density at radius 2 is 1.48 bits per heavy atom. The van der Waals surface area contributed by atoms with Gasteiger partial charge in [-0.05, 0) is 39.2 Å². The molecule has 0 aromatic heterocycles. The first-order valence-corrected chi connectivity index (χ1v) is 8.80. The smallest absolute Gasteiger partial charge is 0.323 e. The van der Waals surface area contributed by atoms with Gasteiger partial charge in [0.15, 0.2) is 11.2 Å². The molecule has 27 heavy (non-hydrogen) atoms. The van der Waals surface area contributed by atoms with E-state index in [9.17, 15) is 14.4 Å². The Labute approximate surface area is 159 Å². The van der Waals surface area contributed by atoms with Gasteiger partial charge in [-0.3, -0.25) is 14.4 Å². The van der Waals surface area contributed by atoms with Crippen molar-refractivity contribution in [2.75, 3.05) is 13.2 Å². The number of nitriles is 1. The van der Waals surface area contributed by atoms with Gasteiger partial charge in [-0.1, -0.05) is 31.2 Å². The van der Waals surface area contributed by atoms with Crippen LogP contribution in [0.5, 0.6) is 0 Å². The topological polar surface area (TPSA) is 114 Å². The molecule has 0 amide bonds. The average Bonchev–Trinajstić information content (AvgIpc) is 2.63. The molecule has 0 saturated carbocycles. The van der Waals surface area contributed by atoms with Crippen LogP contribution in [-0.2, 0) is 25.5 Å². The zero-order valence-electron chi connectivity index (χ0n) is 16.3. The van der Waals surface area contributed by atoms with Crippen LogP contribution in [0, 0.1) is 16.9 Å². The van der Waals surface area contributed by atoms with E-state index in [-0.39, 0.29) is 25.4 Å². The van der Waals surface area contributed by atoms with E-state index < -0.39 is 17.4 Å². The van der Waals surface area contributed by atoms with E-state index in [2.05, 4.69) is 0 Å². The highest BCUT2D eigenvalue weighted by Gasteiger charge is 2.44. The lowest BCUT2D eigenvalue weighted by atomic mass is 9.83. The van der Waals surface area contributed by atoms with Crippen LogP contribution in [0.15, 0.2) is 24.3 Å². The van der Waals surface area contributed by atoms with Gasteiger partial charge in [0, 0.05) is 12.0 Å². The predicted octanol–water partition coefficient (Wildman–Crippen LogP) is 3.18. The number of esters is 2. The molecule has 0 atom stereocenters. The molecule has 0 aliphatic carbocycles. The van der Waals surface area contributed by atoms with Crippen LogP contribution < -0.4 is 0 Å². The van der Waals surface area contributed by atoms with Gasteiger partial charge in [-0.25, -0.2) is 0 Å². The minimum absolute atomic E-state index is 0.0857. The highest BCUT2D eigenvalue weighted by Crippen LogP contribution is 2.27. The molecule has 0 heterocycles. The van der Waals surface area contributed by atoms with Crippen molar-refractivity contribution in [3.63, 3.8) is 0 Å². The molecule has 0 spiro atoms. The van der Waals surface area contributed by atoms with Gasteiger partial charge in [0.2, 0.25) is 0 Å². The van der Waals surface area contributed by atoms with Gasteiger partial charge in [0.25, 0.3) is 6.26 Å². The number of ether oxygens (including phenoxy) is 2. The molecule has 0 unspecified atom stereocenters. The summed E-state index contributed by atoms with van der Waals surface area (Å²) in [5.74, 6) is -1.12. The lowest BCUT2D eigenvalue weighted by Gasteiger charge is -2.25. The number of Topliss-reactive ketones (excluding diaryl/α,β-unsaturated/α-hetero) is 1. The van der Waals surface area contributed by atoms with Gasteiger partial charge in [0.05, 0.1) is 13.2 Å². The quantitative estimate of drug-likeness (QED) is 0.304. The SMILES string of the molecule is CCCC(=O)c1ccc(CC(C)(C(=O)OCC)C(=O)OCC)cc1.N#CO. The lowest BCUT2D eigenvalue weighted by Crippen LogP contribution is -2.41. The molecule has 0 fully saturated rings. The summed E-state index contributed by atoms with van der Waals surface area (Å²) in [5, 5.41) is 13.8. The Morgan fingerprint density at radius 1 is 1.04 bits per heavy atom. The normalized spacial score (nSPS) is 10.0. The first kappa shape index (κ1) is 24.1. The summed E-state index contributed by atoms with van der Waals surface area (Å²) in [6.07, 6.45) is 2.21. The second-order valence-electron chi connectivity index (χ2n) is 5.92. The maximum absolute atomic E-state index is 12.3. The number of carbonyl (C=O) groups is 3. The van der Waals surface area contributed by atoms with Crippen LogP contribution in [0.1, 0.15) is 56.5 Å². The number of ketones is 1. The van der Waals surface area contributed by atoms with Crippen molar-refractivity contribution >= 4 is 17.7 Å². The van der Waals surface area contributed by atoms with Crippen molar-refractivity contribution in [1.29, 1.82) is 5.26 Å². The number of hydrogen-bond donors (Lipinski definition) is 1. The van der Waals surface area contributed by atoms with Crippen molar-refractivity contribution in [2.24, 2.45) is 5.41 Å². The van der Waals surface area contributed by atoms with E-state index in [1.165, 1.54) is 6.92 Å². The summed E-state index contributed by atoms with van der Waals surface area (Å²) in [6, 6.07) is 6.98. The molecule has 0 radical (unpaired) electrons. The molecule has 1 rings (SSSR count). The van der Waals surface area contributed by atoms with E-state index in [1.807, 2.05) is 6.92 Å². The van der Waals surface area contributed by atoms with Crippen molar-refractivity contribution in [3.8, 4) is 6.26 Å². The fourth-order valence-corrected chi connectivity index (χ4v) is 2.40. The molecule has 0 bridgehead atoms. The van der Waals surface area contributed by atoms with Crippen LogP contribution >= 0.6 is 0 Å². The largest absolute Gasteiger partial charge is 0.465 e. The minimum atomic E-state index is -1.40. The molecule has 0 aliphatic rings. The van der Waals surface area contributed by atoms with E-state index in [0.29, 0.717) is 12.0 Å².